The van der Waals surface area contributed by atoms with Gasteiger partial charge in [-0.2, -0.15) is 0 Å². The molecule has 1 aromatic carbocycles. The Balaban J connectivity index is 1.95. The van der Waals surface area contributed by atoms with Crippen LogP contribution in [-0.2, 0) is 11.2 Å². The number of hydrogen-bond acceptors (Lipinski definition) is 2. The lowest BCUT2D eigenvalue weighted by Gasteiger charge is -2.16. The minimum absolute atomic E-state index is 0.0781. The largest absolute Gasteiger partial charge is 0.478 e. The number of aromatic carboxylic acids is 1. The molecule has 0 aliphatic heterocycles. The van der Waals surface area contributed by atoms with Crippen molar-refractivity contribution in [2.24, 2.45) is 0 Å². The van der Waals surface area contributed by atoms with Gasteiger partial charge in [0.05, 0.1) is 12.0 Å². The Morgan fingerprint density at radius 1 is 1.10 bits per heavy atom. The summed E-state index contributed by atoms with van der Waals surface area (Å²) >= 11 is 0. The molecule has 4 nitrogen and oxygen atoms in total. The Labute approximate surface area is 119 Å². The van der Waals surface area contributed by atoms with Gasteiger partial charge in [-0.05, 0) is 24.5 Å². The molecule has 0 heterocycles. The van der Waals surface area contributed by atoms with Gasteiger partial charge in [-0.25, -0.2) is 4.79 Å². The maximum absolute atomic E-state index is 12.1. The highest BCUT2D eigenvalue weighted by Crippen LogP contribution is 2.17. The summed E-state index contributed by atoms with van der Waals surface area (Å²) in [6.07, 6.45) is 7.02. The van der Waals surface area contributed by atoms with E-state index < -0.39 is 5.97 Å². The molecule has 0 spiro atoms. The van der Waals surface area contributed by atoms with E-state index in [-0.39, 0.29) is 23.9 Å². The molecular weight excluding hydrogens is 254 g/mol. The summed E-state index contributed by atoms with van der Waals surface area (Å²) in [5.74, 6) is -1.06. The van der Waals surface area contributed by atoms with E-state index in [9.17, 15) is 9.59 Å². The van der Waals surface area contributed by atoms with Crippen LogP contribution in [0, 0.1) is 0 Å². The SMILES string of the molecule is O=C(Cc1ccccc1C(=O)O)NC1CCCCCC1. The van der Waals surface area contributed by atoms with E-state index in [1.165, 1.54) is 18.9 Å². The van der Waals surface area contributed by atoms with Gasteiger partial charge >= 0.3 is 5.97 Å². The number of carboxylic acids is 1. The second-order valence-corrected chi connectivity index (χ2v) is 5.40. The molecular formula is C16H21NO3. The van der Waals surface area contributed by atoms with Crippen molar-refractivity contribution < 1.29 is 14.7 Å². The lowest BCUT2D eigenvalue weighted by molar-refractivity contribution is -0.121. The Kier molecular flexibility index (Phi) is 5.16. The molecule has 1 fully saturated rings. The zero-order valence-corrected chi connectivity index (χ0v) is 11.6. The van der Waals surface area contributed by atoms with Crippen LogP contribution in [0.25, 0.3) is 0 Å². The second kappa shape index (κ2) is 7.08. The van der Waals surface area contributed by atoms with Gasteiger partial charge in [-0.15, -0.1) is 0 Å². The van der Waals surface area contributed by atoms with Gasteiger partial charge in [0.2, 0.25) is 5.91 Å². The van der Waals surface area contributed by atoms with Gasteiger partial charge < -0.3 is 10.4 Å². The predicted molar refractivity (Wildman–Crippen MR) is 76.7 cm³/mol. The summed E-state index contributed by atoms with van der Waals surface area (Å²) in [4.78, 5) is 23.2. The van der Waals surface area contributed by atoms with Crippen molar-refractivity contribution >= 4 is 11.9 Å². The Bertz CT molecular complexity index is 476. The van der Waals surface area contributed by atoms with Crippen molar-refractivity contribution in [1.82, 2.24) is 5.32 Å². The first-order valence-electron chi connectivity index (χ1n) is 7.27. The molecule has 4 heteroatoms. The fourth-order valence-electron chi connectivity index (χ4n) is 2.76. The Morgan fingerprint density at radius 2 is 1.75 bits per heavy atom. The van der Waals surface area contributed by atoms with Crippen molar-refractivity contribution in [3.05, 3.63) is 35.4 Å². The van der Waals surface area contributed by atoms with Crippen LogP contribution >= 0.6 is 0 Å². The summed E-state index contributed by atoms with van der Waals surface area (Å²) in [6.45, 7) is 0. The van der Waals surface area contributed by atoms with Crippen LogP contribution in [0.5, 0.6) is 0 Å². The van der Waals surface area contributed by atoms with Crippen LogP contribution in [0.3, 0.4) is 0 Å². The maximum atomic E-state index is 12.1. The Morgan fingerprint density at radius 3 is 2.40 bits per heavy atom. The molecule has 0 bridgehead atoms. The maximum Gasteiger partial charge on any atom is 0.335 e. The predicted octanol–water partition coefficient (Wildman–Crippen LogP) is 2.77. The molecule has 108 valence electrons. The number of rotatable bonds is 4. The topological polar surface area (TPSA) is 66.4 Å². The van der Waals surface area contributed by atoms with E-state index in [1.54, 1.807) is 18.2 Å². The minimum Gasteiger partial charge on any atom is -0.478 e. The molecule has 0 atom stereocenters. The summed E-state index contributed by atoms with van der Waals surface area (Å²) in [7, 11) is 0. The second-order valence-electron chi connectivity index (χ2n) is 5.40. The molecule has 1 amide bonds. The highest BCUT2D eigenvalue weighted by molar-refractivity contribution is 5.91. The van der Waals surface area contributed by atoms with Gasteiger partial charge in [-0.3, -0.25) is 4.79 Å². The molecule has 2 N–H and O–H groups in total. The van der Waals surface area contributed by atoms with E-state index in [0.717, 1.165) is 25.7 Å². The fraction of sp³-hybridized carbons (Fsp3) is 0.500. The average Bonchev–Trinajstić information content (AvgIpc) is 2.67. The van der Waals surface area contributed by atoms with Gasteiger partial charge in [-0.1, -0.05) is 43.9 Å². The third-order valence-corrected chi connectivity index (χ3v) is 3.82. The average molecular weight is 275 g/mol. The molecule has 0 radical (unpaired) electrons. The summed E-state index contributed by atoms with van der Waals surface area (Å²) in [5, 5.41) is 12.1. The molecule has 20 heavy (non-hydrogen) atoms. The van der Waals surface area contributed by atoms with E-state index >= 15 is 0 Å². The molecule has 0 aromatic heterocycles. The number of carbonyl (C=O) groups is 2. The van der Waals surface area contributed by atoms with E-state index in [2.05, 4.69) is 5.32 Å². The van der Waals surface area contributed by atoms with Crippen molar-refractivity contribution in [1.29, 1.82) is 0 Å². The monoisotopic (exact) mass is 275 g/mol. The zero-order chi connectivity index (χ0) is 14.4. The van der Waals surface area contributed by atoms with Crippen LogP contribution in [0.2, 0.25) is 0 Å². The number of amides is 1. The molecule has 1 aliphatic rings. The summed E-state index contributed by atoms with van der Waals surface area (Å²) < 4.78 is 0. The van der Waals surface area contributed by atoms with Crippen molar-refractivity contribution in [2.45, 2.75) is 51.0 Å². The first-order chi connectivity index (χ1) is 9.66. The first-order valence-corrected chi connectivity index (χ1v) is 7.27. The van der Waals surface area contributed by atoms with Crippen molar-refractivity contribution in [2.75, 3.05) is 0 Å². The van der Waals surface area contributed by atoms with Gasteiger partial charge in [0.15, 0.2) is 0 Å². The van der Waals surface area contributed by atoms with Gasteiger partial charge in [0.1, 0.15) is 0 Å². The molecule has 1 aromatic rings. The number of carbonyl (C=O) groups excluding carboxylic acids is 1. The van der Waals surface area contributed by atoms with Crippen LogP contribution in [-0.4, -0.2) is 23.0 Å². The van der Waals surface area contributed by atoms with Crippen LogP contribution in [0.15, 0.2) is 24.3 Å². The Hall–Kier alpha value is -1.84. The van der Waals surface area contributed by atoms with E-state index in [1.807, 2.05) is 0 Å². The third kappa shape index (κ3) is 4.08. The fourth-order valence-corrected chi connectivity index (χ4v) is 2.76. The normalized spacial score (nSPS) is 16.4. The quantitative estimate of drug-likeness (QED) is 0.830. The van der Waals surface area contributed by atoms with Crippen molar-refractivity contribution in [3.8, 4) is 0 Å². The van der Waals surface area contributed by atoms with Crippen LogP contribution in [0.4, 0.5) is 0 Å². The summed E-state index contributed by atoms with van der Waals surface area (Å²) in [5.41, 5.74) is 0.787. The van der Waals surface area contributed by atoms with Crippen LogP contribution in [0.1, 0.15) is 54.4 Å². The molecule has 0 saturated heterocycles. The van der Waals surface area contributed by atoms with E-state index in [0.29, 0.717) is 5.56 Å². The lowest BCUT2D eigenvalue weighted by Crippen LogP contribution is -2.35. The highest BCUT2D eigenvalue weighted by Gasteiger charge is 2.17. The summed E-state index contributed by atoms with van der Waals surface area (Å²) in [6, 6.07) is 6.94. The van der Waals surface area contributed by atoms with Crippen molar-refractivity contribution in [3.63, 3.8) is 0 Å². The molecule has 2 rings (SSSR count). The zero-order valence-electron chi connectivity index (χ0n) is 11.6. The lowest BCUT2D eigenvalue weighted by atomic mass is 10.0. The molecule has 1 aliphatic carbocycles. The van der Waals surface area contributed by atoms with Crippen LogP contribution < -0.4 is 5.32 Å². The molecule has 0 unspecified atom stereocenters. The third-order valence-electron chi connectivity index (χ3n) is 3.82. The smallest absolute Gasteiger partial charge is 0.335 e. The van der Waals surface area contributed by atoms with E-state index in [4.69, 9.17) is 5.11 Å². The molecule has 1 saturated carbocycles. The van der Waals surface area contributed by atoms with Gasteiger partial charge in [0.25, 0.3) is 0 Å². The first kappa shape index (κ1) is 14.6. The number of nitrogens with one attached hydrogen (secondary N) is 1. The minimum atomic E-state index is -0.983. The highest BCUT2D eigenvalue weighted by atomic mass is 16.4. The van der Waals surface area contributed by atoms with Gasteiger partial charge in [0, 0.05) is 6.04 Å². The standard InChI is InChI=1S/C16H21NO3/c18-15(17-13-8-3-1-2-4-9-13)11-12-7-5-6-10-14(12)16(19)20/h5-7,10,13H,1-4,8-9,11H2,(H,17,18)(H,19,20). The number of benzene rings is 1. The number of carboxylic acid groups (broad SMARTS) is 1. The number of hydrogen-bond donors (Lipinski definition) is 2.